The van der Waals surface area contributed by atoms with Crippen molar-refractivity contribution in [2.24, 2.45) is 0 Å². The summed E-state index contributed by atoms with van der Waals surface area (Å²) in [5, 5.41) is 15.3. The first-order chi connectivity index (χ1) is 31.7. The average Bonchev–Trinajstić information content (AvgIpc) is 3.31. The van der Waals surface area contributed by atoms with E-state index in [1.807, 2.05) is 9.80 Å². The van der Waals surface area contributed by atoms with Gasteiger partial charge in [-0.1, -0.05) is 13.0 Å². The number of anilines is 3. The molecule has 344 valence electrons. The predicted molar refractivity (Wildman–Crippen MR) is 238 cm³/mol. The molecule has 0 unspecified atom stereocenters. The fraction of sp³-hybridized carbons (Fsp3) is 0.364. The maximum atomic E-state index is 15.2. The van der Waals surface area contributed by atoms with Crippen LogP contribution in [-0.2, 0) is 24.6 Å². The Morgan fingerprint density at radius 3 is 2.38 bits per heavy atom. The Balaban J connectivity index is 0.845. The van der Waals surface area contributed by atoms with Gasteiger partial charge in [0, 0.05) is 51.9 Å². The molecule has 0 radical (unpaired) electrons. The molecule has 3 aromatic carbocycles. The van der Waals surface area contributed by atoms with E-state index in [9.17, 15) is 32.9 Å². The molecule has 19 nitrogen and oxygen atoms in total. The van der Waals surface area contributed by atoms with Crippen LogP contribution in [0.3, 0.4) is 0 Å². The van der Waals surface area contributed by atoms with Gasteiger partial charge in [0.25, 0.3) is 5.56 Å². The summed E-state index contributed by atoms with van der Waals surface area (Å²) >= 11 is 0. The van der Waals surface area contributed by atoms with E-state index in [1.165, 1.54) is 54.6 Å². The molecule has 2 aromatic heterocycles. The van der Waals surface area contributed by atoms with Gasteiger partial charge in [-0.15, -0.1) is 0 Å². The van der Waals surface area contributed by atoms with Crippen molar-refractivity contribution in [2.75, 3.05) is 74.3 Å². The molecule has 3 aliphatic rings. The topological polar surface area (TPSA) is 228 Å². The van der Waals surface area contributed by atoms with Crippen molar-refractivity contribution < 1.29 is 36.3 Å². The van der Waals surface area contributed by atoms with E-state index < -0.39 is 44.8 Å². The fourth-order valence-electron chi connectivity index (χ4n) is 8.14. The Kier molecular flexibility index (Phi) is 13.2. The number of benzene rings is 3. The Labute approximate surface area is 378 Å². The second-order valence-electron chi connectivity index (χ2n) is 16.2. The normalized spacial score (nSPS) is 17.4. The van der Waals surface area contributed by atoms with Crippen molar-refractivity contribution in [1.82, 2.24) is 38.9 Å². The summed E-state index contributed by atoms with van der Waals surface area (Å²) in [6.07, 6.45) is 6.24. The molecule has 3 amide bonds. The minimum atomic E-state index is -4.04. The number of aromatic nitrogens is 4. The third kappa shape index (κ3) is 9.77. The molecule has 3 fully saturated rings. The summed E-state index contributed by atoms with van der Waals surface area (Å²) in [5.74, 6) is -2.15. The van der Waals surface area contributed by atoms with Gasteiger partial charge >= 0.3 is 10.2 Å². The lowest BCUT2D eigenvalue weighted by Crippen LogP contribution is -2.52. The summed E-state index contributed by atoms with van der Waals surface area (Å²) < 4.78 is 65.9. The largest absolute Gasteiger partial charge is 0.453 e. The highest BCUT2D eigenvalue weighted by Gasteiger charge is 2.30. The van der Waals surface area contributed by atoms with Crippen LogP contribution in [0.25, 0.3) is 16.6 Å². The molecule has 8 rings (SSSR count). The first-order valence-corrected chi connectivity index (χ1v) is 22.8. The van der Waals surface area contributed by atoms with Crippen molar-refractivity contribution in [3.05, 3.63) is 100 Å². The highest BCUT2D eigenvalue weighted by Crippen LogP contribution is 2.35. The number of nitrogens with zero attached hydrogens (tertiary/aromatic N) is 9. The van der Waals surface area contributed by atoms with Crippen LogP contribution in [0.4, 0.5) is 26.1 Å². The number of nitrogens with one attached hydrogen (secondary N) is 3. The molecule has 5 heterocycles. The van der Waals surface area contributed by atoms with Gasteiger partial charge in [0.05, 0.1) is 41.2 Å². The first kappa shape index (κ1) is 45.5. The highest BCUT2D eigenvalue weighted by molar-refractivity contribution is 7.90. The molecule has 5 aromatic rings. The van der Waals surface area contributed by atoms with Crippen LogP contribution in [0.2, 0.25) is 0 Å². The lowest BCUT2D eigenvalue weighted by Gasteiger charge is -2.37. The van der Waals surface area contributed by atoms with Crippen LogP contribution < -0.4 is 30.6 Å². The lowest BCUT2D eigenvalue weighted by molar-refractivity contribution is -0.134. The number of piperazine rings is 1. The molecule has 3 aliphatic heterocycles. The summed E-state index contributed by atoms with van der Waals surface area (Å²) in [6.45, 7) is 5.19. The van der Waals surface area contributed by atoms with E-state index in [1.54, 1.807) is 25.1 Å². The van der Waals surface area contributed by atoms with E-state index in [0.717, 1.165) is 16.4 Å². The quantitative estimate of drug-likeness (QED) is 0.144. The third-order valence-electron chi connectivity index (χ3n) is 12.1. The molecule has 1 atom stereocenters. The number of amides is 3. The van der Waals surface area contributed by atoms with Gasteiger partial charge in [-0.3, -0.25) is 38.7 Å². The Morgan fingerprint density at radius 2 is 1.70 bits per heavy atom. The van der Waals surface area contributed by atoms with Crippen molar-refractivity contribution in [1.29, 1.82) is 5.26 Å². The number of rotatable bonds is 13. The number of hydrogen-bond acceptors (Lipinski definition) is 14. The summed E-state index contributed by atoms with van der Waals surface area (Å²) in [5.41, 5.74) is 0.612. The van der Waals surface area contributed by atoms with Crippen molar-refractivity contribution in [3.63, 3.8) is 0 Å². The van der Waals surface area contributed by atoms with Gasteiger partial charge < -0.3 is 19.9 Å². The fourth-order valence-corrected chi connectivity index (χ4v) is 9.08. The molecule has 0 bridgehead atoms. The van der Waals surface area contributed by atoms with Crippen LogP contribution in [0.5, 0.6) is 11.5 Å². The van der Waals surface area contributed by atoms with Crippen molar-refractivity contribution >= 4 is 56.2 Å². The van der Waals surface area contributed by atoms with Crippen LogP contribution in [-0.4, -0.2) is 125 Å². The van der Waals surface area contributed by atoms with E-state index in [0.29, 0.717) is 86.9 Å². The lowest BCUT2D eigenvalue weighted by atomic mass is 9.89. The number of carbonyl (C=O) groups excluding carboxylic acids is 3. The van der Waals surface area contributed by atoms with Gasteiger partial charge in [0.15, 0.2) is 11.6 Å². The number of piperidine rings is 2. The number of fused-ring (bicyclic) bond motifs is 1. The number of hydrogen-bond donors (Lipinski definition) is 3. The SMILES string of the molecule is CCN(C)S(=O)(=O)Nc1ccc(F)c(Oc2ccc3ncn(-c4cnc(N5CCN(C(=O)CN6CCC(c7ccc(N[C@@H]8CCC(=O)NC8=O)cc7F)CC6)CC5)nc4)c(=O)c3c2)c1C#N. The zero-order valence-electron chi connectivity index (χ0n) is 36.0. The van der Waals surface area contributed by atoms with E-state index in [-0.39, 0.29) is 59.9 Å². The summed E-state index contributed by atoms with van der Waals surface area (Å²) in [7, 11) is -2.70. The van der Waals surface area contributed by atoms with E-state index >= 15 is 8.78 Å². The van der Waals surface area contributed by atoms with Gasteiger partial charge in [-0.2, -0.15) is 18.0 Å². The standard InChI is InChI=1S/C44H46F2N12O7S/c1-3-54(2)66(63,64)53-37-9-7-34(45)41(33(37)22-47)65-30-5-8-36-32(21-30)43(62)58(26-50-36)29-23-48-44(49-24-29)57-18-16-56(17-19-57)40(60)25-55-14-12-27(13-15-55)31-6-4-28(20-35(31)46)51-38-10-11-39(59)52-42(38)61/h4-9,20-21,23-24,26-27,38,51,53H,3,10-19,25H2,1-2H3,(H,52,59,61)/t38-/m1/s1. The van der Waals surface area contributed by atoms with Crippen molar-refractivity contribution in [2.45, 2.75) is 44.6 Å². The van der Waals surface area contributed by atoms with Crippen LogP contribution in [0, 0.1) is 23.0 Å². The molecule has 22 heteroatoms. The molecular formula is C44H46F2N12O7S. The third-order valence-corrected chi connectivity index (χ3v) is 13.6. The van der Waals surface area contributed by atoms with Crippen LogP contribution >= 0.6 is 0 Å². The Bertz CT molecular complexity index is 2900. The van der Waals surface area contributed by atoms with Crippen molar-refractivity contribution in [3.8, 4) is 23.3 Å². The van der Waals surface area contributed by atoms with E-state index in [4.69, 9.17) is 4.74 Å². The maximum Gasteiger partial charge on any atom is 0.301 e. The number of nitriles is 1. The van der Waals surface area contributed by atoms with Gasteiger partial charge in [0.2, 0.25) is 23.7 Å². The molecule has 0 saturated carbocycles. The number of likely N-dealkylation sites (tertiary alicyclic amines) is 1. The van der Waals surface area contributed by atoms with Gasteiger partial charge in [0.1, 0.15) is 35.6 Å². The summed E-state index contributed by atoms with van der Waals surface area (Å²) in [6, 6.07) is 12.5. The number of imide groups is 1. The highest BCUT2D eigenvalue weighted by atomic mass is 32.2. The van der Waals surface area contributed by atoms with Gasteiger partial charge in [-0.05, 0) is 86.3 Å². The predicted octanol–water partition coefficient (Wildman–Crippen LogP) is 3.47. The molecule has 66 heavy (non-hydrogen) atoms. The molecular weight excluding hydrogens is 879 g/mol. The second kappa shape index (κ2) is 19.2. The number of ether oxygens (including phenoxy) is 1. The minimum absolute atomic E-state index is 0.00298. The molecule has 0 spiro atoms. The second-order valence-corrected chi connectivity index (χ2v) is 18.0. The molecule has 3 saturated heterocycles. The zero-order chi connectivity index (χ0) is 46.7. The summed E-state index contributed by atoms with van der Waals surface area (Å²) in [4.78, 5) is 69.9. The minimum Gasteiger partial charge on any atom is -0.453 e. The zero-order valence-corrected chi connectivity index (χ0v) is 36.9. The Hall–Kier alpha value is -7.09. The first-order valence-electron chi connectivity index (χ1n) is 21.3. The van der Waals surface area contributed by atoms with Crippen LogP contribution in [0.1, 0.15) is 49.7 Å². The number of carbonyl (C=O) groups is 3. The smallest absolute Gasteiger partial charge is 0.301 e. The monoisotopic (exact) mass is 924 g/mol. The van der Waals surface area contributed by atoms with Gasteiger partial charge in [-0.25, -0.2) is 23.7 Å². The average molecular weight is 925 g/mol. The Morgan fingerprint density at radius 1 is 0.955 bits per heavy atom. The number of halogens is 2. The van der Waals surface area contributed by atoms with Crippen LogP contribution in [0.15, 0.2) is 72.0 Å². The maximum absolute atomic E-state index is 15.2. The molecule has 0 aliphatic carbocycles. The molecule has 3 N–H and O–H groups in total. The van der Waals surface area contributed by atoms with E-state index in [2.05, 4.69) is 35.2 Å².